The van der Waals surface area contributed by atoms with E-state index in [9.17, 15) is 9.18 Å². The molecular formula is C13H15FN4OS. The van der Waals surface area contributed by atoms with Crippen molar-refractivity contribution in [1.82, 2.24) is 0 Å². The summed E-state index contributed by atoms with van der Waals surface area (Å²) in [6, 6.07) is 4.34. The Kier molecular flexibility index (Phi) is 2.57. The van der Waals surface area contributed by atoms with Gasteiger partial charge in [0.05, 0.1) is 5.54 Å². The number of nitrogen functional groups attached to an aromatic ring is 1. The van der Waals surface area contributed by atoms with Gasteiger partial charge in [-0.1, -0.05) is 11.8 Å². The molecule has 1 heterocycles. The van der Waals surface area contributed by atoms with Crippen molar-refractivity contribution in [2.24, 2.45) is 22.4 Å². The molecule has 2 aliphatic rings. The normalized spacial score (nSPS) is 35.1. The van der Waals surface area contributed by atoms with Crippen molar-refractivity contribution in [3.8, 4) is 0 Å². The second kappa shape index (κ2) is 3.88. The molecule has 1 saturated carbocycles. The second-order valence-corrected chi connectivity index (χ2v) is 6.80. The van der Waals surface area contributed by atoms with E-state index in [0.29, 0.717) is 17.7 Å². The van der Waals surface area contributed by atoms with Crippen LogP contribution in [0.3, 0.4) is 0 Å². The molecule has 1 aliphatic heterocycles. The number of amidine groups is 1. The third-order valence-corrected chi connectivity index (χ3v) is 5.49. The number of fused-ring (bicyclic) bond motifs is 1. The molecule has 1 amide bonds. The highest BCUT2D eigenvalue weighted by molar-refractivity contribution is 8.15. The van der Waals surface area contributed by atoms with Crippen molar-refractivity contribution < 1.29 is 9.18 Å². The summed E-state index contributed by atoms with van der Waals surface area (Å²) in [6.45, 7) is 1.77. The first kappa shape index (κ1) is 13.2. The summed E-state index contributed by atoms with van der Waals surface area (Å²) >= 11 is 1.18. The van der Waals surface area contributed by atoms with Gasteiger partial charge in [0.25, 0.3) is 0 Å². The van der Waals surface area contributed by atoms with Crippen molar-refractivity contribution in [3.05, 3.63) is 29.6 Å². The lowest BCUT2D eigenvalue weighted by atomic mass is 9.85. The van der Waals surface area contributed by atoms with Gasteiger partial charge < -0.3 is 17.2 Å². The van der Waals surface area contributed by atoms with Gasteiger partial charge in [0.2, 0.25) is 5.91 Å². The van der Waals surface area contributed by atoms with Crippen LogP contribution in [0.5, 0.6) is 0 Å². The molecule has 1 aliphatic carbocycles. The van der Waals surface area contributed by atoms with E-state index in [1.54, 1.807) is 13.0 Å². The standard InChI is InChI=1S/C13H15FN4OS/c1-12(7-4-6(15)2-3-8(7)14)9-5-13(9,10(16)19)20-11(17)18-12/h2-4,9H,5,15H2,1H3,(H2,16,19)(H2,17,18)/t9-,12+,13-/m0/s1. The van der Waals surface area contributed by atoms with Crippen molar-refractivity contribution in [2.75, 3.05) is 5.73 Å². The lowest BCUT2D eigenvalue weighted by molar-refractivity contribution is -0.118. The number of amides is 1. The largest absolute Gasteiger partial charge is 0.399 e. The van der Waals surface area contributed by atoms with E-state index in [2.05, 4.69) is 4.99 Å². The number of primary amides is 1. The minimum absolute atomic E-state index is 0.166. The van der Waals surface area contributed by atoms with Gasteiger partial charge >= 0.3 is 0 Å². The fourth-order valence-corrected chi connectivity index (χ4v) is 4.36. The predicted octanol–water partition coefficient (Wildman–Crippen LogP) is 0.929. The summed E-state index contributed by atoms with van der Waals surface area (Å²) in [7, 11) is 0. The molecule has 0 radical (unpaired) electrons. The number of rotatable bonds is 2. The third kappa shape index (κ3) is 1.62. The van der Waals surface area contributed by atoms with Crippen LogP contribution in [0.15, 0.2) is 23.2 Å². The van der Waals surface area contributed by atoms with Gasteiger partial charge in [-0.05, 0) is 31.5 Å². The molecule has 0 spiro atoms. The molecule has 106 valence electrons. The summed E-state index contributed by atoms with van der Waals surface area (Å²) in [6.07, 6.45) is 0.544. The van der Waals surface area contributed by atoms with Crippen LogP contribution in [0, 0.1) is 11.7 Å². The van der Waals surface area contributed by atoms with Gasteiger partial charge in [0.15, 0.2) is 5.17 Å². The zero-order valence-corrected chi connectivity index (χ0v) is 11.7. The molecule has 20 heavy (non-hydrogen) atoms. The summed E-state index contributed by atoms with van der Waals surface area (Å²) in [5, 5.41) is 0.252. The van der Waals surface area contributed by atoms with Crippen LogP contribution in [0.1, 0.15) is 18.9 Å². The maximum Gasteiger partial charge on any atom is 0.234 e. The van der Waals surface area contributed by atoms with E-state index >= 15 is 0 Å². The highest BCUT2D eigenvalue weighted by Crippen LogP contribution is 2.65. The van der Waals surface area contributed by atoms with Gasteiger partial charge in [0.1, 0.15) is 10.6 Å². The number of benzene rings is 1. The molecule has 1 aromatic carbocycles. The van der Waals surface area contributed by atoms with E-state index in [0.717, 1.165) is 0 Å². The first-order valence-electron chi connectivity index (χ1n) is 6.19. The Morgan fingerprint density at radius 2 is 2.20 bits per heavy atom. The quantitative estimate of drug-likeness (QED) is 0.705. The summed E-state index contributed by atoms with van der Waals surface area (Å²) in [5.74, 6) is -1.00. The number of hydrogen-bond acceptors (Lipinski definition) is 5. The first-order valence-corrected chi connectivity index (χ1v) is 7.01. The fraction of sp³-hybridized carbons (Fsp3) is 0.385. The number of nitrogens with two attached hydrogens (primary N) is 3. The molecule has 0 unspecified atom stereocenters. The zero-order valence-electron chi connectivity index (χ0n) is 10.9. The number of carbonyl (C=O) groups is 1. The molecule has 5 nitrogen and oxygen atoms in total. The van der Waals surface area contributed by atoms with Crippen molar-refractivity contribution in [2.45, 2.75) is 23.6 Å². The van der Waals surface area contributed by atoms with Crippen LogP contribution in [-0.4, -0.2) is 15.8 Å². The lowest BCUT2D eigenvalue weighted by Crippen LogP contribution is -2.42. The molecule has 3 atom stereocenters. The number of nitrogens with zero attached hydrogens (tertiary/aromatic N) is 1. The van der Waals surface area contributed by atoms with Crippen LogP contribution in [0.25, 0.3) is 0 Å². The molecule has 0 saturated heterocycles. The van der Waals surface area contributed by atoms with Gasteiger partial charge in [-0.3, -0.25) is 9.79 Å². The predicted molar refractivity (Wildman–Crippen MR) is 77.4 cm³/mol. The first-order chi connectivity index (χ1) is 9.29. The minimum atomic E-state index is -0.913. The average Bonchev–Trinajstić information content (AvgIpc) is 3.09. The van der Waals surface area contributed by atoms with Gasteiger partial charge in [-0.25, -0.2) is 4.39 Å². The van der Waals surface area contributed by atoms with Gasteiger partial charge in [-0.2, -0.15) is 0 Å². The molecular weight excluding hydrogens is 279 g/mol. The Balaban J connectivity index is 2.14. The minimum Gasteiger partial charge on any atom is -0.399 e. The van der Waals surface area contributed by atoms with Gasteiger partial charge in [0, 0.05) is 17.2 Å². The Hall–Kier alpha value is -1.76. The van der Waals surface area contributed by atoms with Crippen molar-refractivity contribution in [3.63, 3.8) is 0 Å². The monoisotopic (exact) mass is 294 g/mol. The number of aliphatic imine (C=N–C) groups is 1. The molecule has 7 heteroatoms. The smallest absolute Gasteiger partial charge is 0.234 e. The Labute approximate surface area is 119 Å². The van der Waals surface area contributed by atoms with Crippen molar-refractivity contribution >= 4 is 28.5 Å². The Bertz CT molecular complexity index is 649. The highest BCUT2D eigenvalue weighted by Gasteiger charge is 2.70. The molecule has 0 bridgehead atoms. The SMILES string of the molecule is C[C@]1(c2cc(N)ccc2F)N=C(N)S[C@@]2(C(N)=O)C[C@H]21. The van der Waals surface area contributed by atoms with E-state index in [1.165, 1.54) is 23.9 Å². The summed E-state index contributed by atoms with van der Waals surface area (Å²) in [5.41, 5.74) is 16.9. The molecule has 3 rings (SSSR count). The van der Waals surface area contributed by atoms with E-state index in [-0.39, 0.29) is 11.1 Å². The van der Waals surface area contributed by atoms with E-state index in [1.807, 2.05) is 0 Å². The van der Waals surface area contributed by atoms with E-state index < -0.39 is 22.0 Å². The summed E-state index contributed by atoms with van der Waals surface area (Å²) in [4.78, 5) is 16.1. The Morgan fingerprint density at radius 3 is 2.85 bits per heavy atom. The molecule has 6 N–H and O–H groups in total. The van der Waals surface area contributed by atoms with Gasteiger partial charge in [-0.15, -0.1) is 0 Å². The molecule has 1 aromatic rings. The molecule has 0 aromatic heterocycles. The Morgan fingerprint density at radius 1 is 1.50 bits per heavy atom. The third-order valence-electron chi connectivity index (χ3n) is 4.17. The van der Waals surface area contributed by atoms with Crippen molar-refractivity contribution in [1.29, 1.82) is 0 Å². The second-order valence-electron chi connectivity index (χ2n) is 5.45. The summed E-state index contributed by atoms with van der Waals surface area (Å²) < 4.78 is 13.4. The van der Waals surface area contributed by atoms with E-state index in [4.69, 9.17) is 17.2 Å². The number of thioether (sulfide) groups is 1. The van der Waals surface area contributed by atoms with Crippen LogP contribution < -0.4 is 17.2 Å². The maximum absolute atomic E-state index is 14.2. The van der Waals surface area contributed by atoms with Crippen LogP contribution in [0.4, 0.5) is 10.1 Å². The maximum atomic E-state index is 14.2. The fourth-order valence-electron chi connectivity index (χ4n) is 3.03. The zero-order chi connectivity index (χ0) is 14.7. The number of halogens is 1. The number of carbonyl (C=O) groups excluding carboxylic acids is 1. The number of hydrogen-bond donors (Lipinski definition) is 3. The van der Waals surface area contributed by atoms with Crippen LogP contribution in [-0.2, 0) is 10.3 Å². The topological polar surface area (TPSA) is 107 Å². The van der Waals surface area contributed by atoms with Crippen LogP contribution in [0.2, 0.25) is 0 Å². The molecule has 1 fully saturated rings. The number of anilines is 1. The average molecular weight is 294 g/mol. The van der Waals surface area contributed by atoms with Crippen LogP contribution >= 0.6 is 11.8 Å². The lowest BCUT2D eigenvalue weighted by Gasteiger charge is -2.33. The highest BCUT2D eigenvalue weighted by atomic mass is 32.2.